The zero-order valence-corrected chi connectivity index (χ0v) is 17.0. The van der Waals surface area contributed by atoms with Crippen LogP contribution in [0.25, 0.3) is 0 Å². The summed E-state index contributed by atoms with van der Waals surface area (Å²) >= 11 is 0. The van der Waals surface area contributed by atoms with Gasteiger partial charge in [-0.2, -0.15) is 0 Å². The van der Waals surface area contributed by atoms with Gasteiger partial charge in [0.15, 0.2) is 0 Å². The number of nitrogens with one attached hydrogen (secondary N) is 1. The minimum absolute atomic E-state index is 0.265. The van der Waals surface area contributed by atoms with Crippen molar-refractivity contribution in [2.75, 3.05) is 19.6 Å². The van der Waals surface area contributed by atoms with E-state index in [0.717, 1.165) is 45.2 Å². The number of unbranched alkanes of at least 4 members (excludes halogenated alkanes) is 2. The lowest BCUT2D eigenvalue weighted by molar-refractivity contribution is -0.132. The smallest absolute Gasteiger partial charge is 0.407 e. The molecule has 5 heteroatoms. The summed E-state index contributed by atoms with van der Waals surface area (Å²) in [4.78, 5) is 25.9. The Hall–Kier alpha value is -2.04. The summed E-state index contributed by atoms with van der Waals surface area (Å²) in [7, 11) is 0. The van der Waals surface area contributed by atoms with Gasteiger partial charge in [0.2, 0.25) is 5.91 Å². The molecule has 1 heterocycles. The van der Waals surface area contributed by atoms with Gasteiger partial charge in [-0.15, -0.1) is 0 Å². The summed E-state index contributed by atoms with van der Waals surface area (Å²) in [5.74, 6) is 0.843. The summed E-state index contributed by atoms with van der Waals surface area (Å²) in [5.41, 5.74) is 0.923. The number of amides is 2. The van der Waals surface area contributed by atoms with Gasteiger partial charge in [0.05, 0.1) is 0 Å². The highest BCUT2D eigenvalue weighted by Crippen LogP contribution is 2.28. The largest absolute Gasteiger partial charge is 0.444 e. The third-order valence-corrected chi connectivity index (χ3v) is 4.85. The van der Waals surface area contributed by atoms with Crippen LogP contribution in [0.3, 0.4) is 0 Å². The molecule has 1 N–H and O–H groups in total. The third-order valence-electron chi connectivity index (χ3n) is 4.85. The van der Waals surface area contributed by atoms with E-state index in [1.807, 2.05) is 31.7 Å². The number of nitrogens with zero attached hydrogens (tertiary/aromatic N) is 1. The quantitative estimate of drug-likeness (QED) is 0.716. The minimum atomic E-state index is -0.468. The fraction of sp³-hybridized carbons (Fsp3) is 0.636. The van der Waals surface area contributed by atoms with Gasteiger partial charge in [0.25, 0.3) is 0 Å². The molecule has 0 unspecified atom stereocenters. The van der Waals surface area contributed by atoms with Gasteiger partial charge in [-0.1, -0.05) is 36.8 Å². The van der Waals surface area contributed by atoms with Crippen LogP contribution in [0.5, 0.6) is 0 Å². The topological polar surface area (TPSA) is 58.6 Å². The number of hydrogen-bond donors (Lipinski definition) is 1. The Labute approximate surface area is 163 Å². The Balaban J connectivity index is 1.55. The van der Waals surface area contributed by atoms with Gasteiger partial charge < -0.3 is 15.0 Å². The maximum Gasteiger partial charge on any atom is 0.407 e. The maximum absolute atomic E-state index is 12.4. The zero-order chi connectivity index (χ0) is 19.7. The molecule has 1 saturated heterocycles. The summed E-state index contributed by atoms with van der Waals surface area (Å²) in [6.07, 6.45) is 4.99. The number of benzene rings is 1. The molecule has 0 bridgehead atoms. The van der Waals surface area contributed by atoms with Crippen molar-refractivity contribution in [1.29, 1.82) is 0 Å². The van der Waals surface area contributed by atoms with Crippen LogP contribution in [-0.2, 0) is 9.53 Å². The second-order valence-corrected chi connectivity index (χ2v) is 8.31. The molecule has 0 atom stereocenters. The van der Waals surface area contributed by atoms with E-state index in [2.05, 4.69) is 29.6 Å². The number of hydrogen-bond acceptors (Lipinski definition) is 3. The molecule has 0 saturated carbocycles. The van der Waals surface area contributed by atoms with Crippen molar-refractivity contribution < 1.29 is 14.3 Å². The van der Waals surface area contributed by atoms with E-state index in [9.17, 15) is 9.59 Å². The lowest BCUT2D eigenvalue weighted by Gasteiger charge is -2.32. The highest BCUT2D eigenvalue weighted by Gasteiger charge is 2.23. The second-order valence-electron chi connectivity index (χ2n) is 8.31. The monoisotopic (exact) mass is 374 g/mol. The summed E-state index contributed by atoms with van der Waals surface area (Å²) in [6, 6.07) is 10.6. The molecule has 150 valence electrons. The molecule has 0 aliphatic carbocycles. The molecule has 0 radical (unpaired) electrons. The molecular formula is C22H34N2O3. The number of piperidine rings is 1. The first-order valence-corrected chi connectivity index (χ1v) is 10.1. The normalized spacial score (nSPS) is 15.4. The Bertz CT molecular complexity index is 587. The van der Waals surface area contributed by atoms with Gasteiger partial charge in [0, 0.05) is 26.1 Å². The van der Waals surface area contributed by atoms with Crippen LogP contribution in [0.15, 0.2) is 30.3 Å². The molecule has 0 aromatic heterocycles. The maximum atomic E-state index is 12.4. The highest BCUT2D eigenvalue weighted by atomic mass is 16.6. The average molecular weight is 375 g/mol. The fourth-order valence-electron chi connectivity index (χ4n) is 3.43. The van der Waals surface area contributed by atoms with E-state index < -0.39 is 5.60 Å². The first kappa shape index (κ1) is 21.3. The fourth-order valence-corrected chi connectivity index (χ4v) is 3.43. The first-order valence-electron chi connectivity index (χ1n) is 10.1. The van der Waals surface area contributed by atoms with E-state index >= 15 is 0 Å². The summed E-state index contributed by atoms with van der Waals surface area (Å²) in [6.45, 7) is 7.85. The van der Waals surface area contributed by atoms with Crippen molar-refractivity contribution in [2.45, 2.75) is 70.8 Å². The van der Waals surface area contributed by atoms with Crippen molar-refractivity contribution in [2.24, 2.45) is 0 Å². The Kier molecular flexibility index (Phi) is 8.14. The third kappa shape index (κ3) is 8.02. The molecule has 0 spiro atoms. The lowest BCUT2D eigenvalue weighted by Crippen LogP contribution is -2.37. The highest BCUT2D eigenvalue weighted by molar-refractivity contribution is 5.76. The molecule has 2 amide bonds. The first-order chi connectivity index (χ1) is 12.8. The molecule has 1 fully saturated rings. The molecule has 1 aromatic carbocycles. The van der Waals surface area contributed by atoms with E-state index in [-0.39, 0.29) is 12.0 Å². The van der Waals surface area contributed by atoms with Crippen LogP contribution in [-0.4, -0.2) is 42.1 Å². The van der Waals surface area contributed by atoms with Crippen LogP contribution in [0.4, 0.5) is 4.79 Å². The molecular weight excluding hydrogens is 340 g/mol. The SMILES string of the molecule is CC(C)(C)OC(=O)NCCCCCC(=O)N1CCC(c2ccccc2)CC1. The predicted octanol–water partition coefficient (Wildman–Crippen LogP) is 4.48. The second kappa shape index (κ2) is 10.3. The molecule has 5 nitrogen and oxygen atoms in total. The molecule has 1 aromatic rings. The van der Waals surface area contributed by atoms with E-state index in [4.69, 9.17) is 4.74 Å². The molecule has 1 aliphatic heterocycles. The van der Waals surface area contributed by atoms with Crippen LogP contribution in [0, 0.1) is 0 Å². The molecule has 27 heavy (non-hydrogen) atoms. The average Bonchev–Trinajstić information content (AvgIpc) is 2.64. The van der Waals surface area contributed by atoms with Crippen LogP contribution in [0.2, 0.25) is 0 Å². The van der Waals surface area contributed by atoms with Crippen LogP contribution in [0.1, 0.15) is 70.8 Å². The van der Waals surface area contributed by atoms with E-state index in [0.29, 0.717) is 18.9 Å². The minimum Gasteiger partial charge on any atom is -0.444 e. The standard InChI is InChI=1S/C22H34N2O3/c1-22(2,3)27-21(26)23-15-9-5-8-12-20(25)24-16-13-19(14-17-24)18-10-6-4-7-11-18/h4,6-7,10-11,19H,5,8-9,12-17H2,1-3H3,(H,23,26). The number of alkyl carbamates (subject to hydrolysis) is 1. The van der Waals surface area contributed by atoms with Gasteiger partial charge in [-0.25, -0.2) is 4.79 Å². The molecule has 2 rings (SSSR count). The van der Waals surface area contributed by atoms with Gasteiger partial charge >= 0.3 is 6.09 Å². The van der Waals surface area contributed by atoms with Crippen molar-refractivity contribution >= 4 is 12.0 Å². The van der Waals surface area contributed by atoms with Gasteiger partial charge in [-0.3, -0.25) is 4.79 Å². The number of likely N-dealkylation sites (tertiary alicyclic amines) is 1. The van der Waals surface area contributed by atoms with E-state index in [1.165, 1.54) is 5.56 Å². The van der Waals surface area contributed by atoms with Crippen molar-refractivity contribution in [3.63, 3.8) is 0 Å². The Morgan fingerprint density at radius 3 is 2.37 bits per heavy atom. The molecule has 1 aliphatic rings. The zero-order valence-electron chi connectivity index (χ0n) is 17.0. The van der Waals surface area contributed by atoms with Gasteiger partial charge in [-0.05, 0) is 57.9 Å². The van der Waals surface area contributed by atoms with Crippen LogP contribution < -0.4 is 5.32 Å². The van der Waals surface area contributed by atoms with Crippen molar-refractivity contribution in [1.82, 2.24) is 10.2 Å². The number of ether oxygens (including phenoxy) is 1. The van der Waals surface area contributed by atoms with Gasteiger partial charge in [0.1, 0.15) is 5.60 Å². The van der Waals surface area contributed by atoms with E-state index in [1.54, 1.807) is 0 Å². The Morgan fingerprint density at radius 1 is 1.07 bits per heavy atom. The summed E-state index contributed by atoms with van der Waals surface area (Å²) in [5, 5.41) is 2.75. The predicted molar refractivity (Wildman–Crippen MR) is 108 cm³/mol. The number of carbonyl (C=O) groups excluding carboxylic acids is 2. The van der Waals surface area contributed by atoms with Crippen molar-refractivity contribution in [3.05, 3.63) is 35.9 Å². The van der Waals surface area contributed by atoms with Crippen molar-refractivity contribution in [3.8, 4) is 0 Å². The lowest BCUT2D eigenvalue weighted by atomic mass is 9.89. The summed E-state index contributed by atoms with van der Waals surface area (Å²) < 4.78 is 5.19. The number of rotatable bonds is 7. The Morgan fingerprint density at radius 2 is 1.74 bits per heavy atom. The number of carbonyl (C=O) groups is 2. The van der Waals surface area contributed by atoms with Crippen LogP contribution >= 0.6 is 0 Å².